The standard InChI is InChI=1S/C14H20N2O3/c1-8(15)5-9-6-10(14(17)18-2)7-12(13(9)16)19-11-3-4-11/h6-8,11H,3-5,15-16H2,1-2H3. The third kappa shape index (κ3) is 3.38. The Labute approximate surface area is 112 Å². The summed E-state index contributed by atoms with van der Waals surface area (Å²) in [6, 6.07) is 3.33. The number of carbonyl (C=O) groups excluding carboxylic acids is 1. The molecule has 0 aliphatic heterocycles. The highest BCUT2D eigenvalue weighted by molar-refractivity contribution is 5.91. The molecule has 1 atom stereocenters. The molecule has 0 radical (unpaired) electrons. The summed E-state index contributed by atoms with van der Waals surface area (Å²) in [5.74, 6) is 0.160. The highest BCUT2D eigenvalue weighted by atomic mass is 16.5. The molecule has 0 amide bonds. The maximum Gasteiger partial charge on any atom is 0.337 e. The van der Waals surface area contributed by atoms with Gasteiger partial charge < -0.3 is 20.9 Å². The van der Waals surface area contributed by atoms with Crippen molar-refractivity contribution >= 4 is 11.7 Å². The Hall–Kier alpha value is -1.75. The van der Waals surface area contributed by atoms with Gasteiger partial charge in [0, 0.05) is 6.04 Å². The lowest BCUT2D eigenvalue weighted by Gasteiger charge is -2.15. The molecule has 0 saturated heterocycles. The molecule has 0 bridgehead atoms. The molecule has 1 saturated carbocycles. The van der Waals surface area contributed by atoms with E-state index in [0.29, 0.717) is 23.4 Å². The van der Waals surface area contributed by atoms with Crippen molar-refractivity contribution in [2.75, 3.05) is 12.8 Å². The number of benzene rings is 1. The summed E-state index contributed by atoms with van der Waals surface area (Å²) in [7, 11) is 1.35. The van der Waals surface area contributed by atoms with E-state index in [1.165, 1.54) is 7.11 Å². The molecular weight excluding hydrogens is 244 g/mol. The number of rotatable bonds is 5. The van der Waals surface area contributed by atoms with Crippen LogP contribution in [-0.2, 0) is 11.2 Å². The van der Waals surface area contributed by atoms with Crippen LogP contribution in [0.3, 0.4) is 0 Å². The van der Waals surface area contributed by atoms with Gasteiger partial charge in [-0.1, -0.05) is 0 Å². The second-order valence-electron chi connectivity index (χ2n) is 5.04. The Kier molecular flexibility index (Phi) is 3.95. The Morgan fingerprint density at radius 2 is 2.16 bits per heavy atom. The van der Waals surface area contributed by atoms with E-state index in [9.17, 15) is 4.79 Å². The quantitative estimate of drug-likeness (QED) is 0.621. The number of ether oxygens (including phenoxy) is 2. The molecule has 2 rings (SSSR count). The van der Waals surface area contributed by atoms with E-state index in [1.54, 1.807) is 12.1 Å². The van der Waals surface area contributed by atoms with Gasteiger partial charge in [0.05, 0.1) is 24.5 Å². The molecule has 5 heteroatoms. The summed E-state index contributed by atoms with van der Waals surface area (Å²) in [5.41, 5.74) is 13.7. The predicted octanol–water partition coefficient (Wildman–Crippen LogP) is 1.49. The third-order valence-corrected chi connectivity index (χ3v) is 3.01. The Balaban J connectivity index is 2.36. The minimum Gasteiger partial charge on any atom is -0.488 e. The summed E-state index contributed by atoms with van der Waals surface area (Å²) in [4.78, 5) is 11.7. The number of hydrogen-bond acceptors (Lipinski definition) is 5. The van der Waals surface area contributed by atoms with Crippen LogP contribution in [0, 0.1) is 0 Å². The van der Waals surface area contributed by atoms with Crippen LogP contribution in [0.2, 0.25) is 0 Å². The predicted molar refractivity (Wildman–Crippen MR) is 73.2 cm³/mol. The zero-order valence-electron chi connectivity index (χ0n) is 11.3. The molecule has 1 aliphatic carbocycles. The molecule has 1 unspecified atom stereocenters. The van der Waals surface area contributed by atoms with E-state index in [4.69, 9.17) is 20.9 Å². The van der Waals surface area contributed by atoms with Crippen molar-refractivity contribution < 1.29 is 14.3 Å². The van der Waals surface area contributed by atoms with E-state index < -0.39 is 5.97 Å². The average Bonchev–Trinajstić information content (AvgIpc) is 3.16. The van der Waals surface area contributed by atoms with E-state index in [1.807, 2.05) is 6.92 Å². The average molecular weight is 264 g/mol. The van der Waals surface area contributed by atoms with Crippen molar-refractivity contribution in [1.29, 1.82) is 0 Å². The molecule has 1 aliphatic rings. The van der Waals surface area contributed by atoms with Crippen LogP contribution in [0.4, 0.5) is 5.69 Å². The van der Waals surface area contributed by atoms with Crippen LogP contribution < -0.4 is 16.2 Å². The second-order valence-corrected chi connectivity index (χ2v) is 5.04. The number of nitrogens with two attached hydrogens (primary N) is 2. The highest BCUT2D eigenvalue weighted by Crippen LogP contribution is 2.34. The van der Waals surface area contributed by atoms with Gasteiger partial charge in [0.2, 0.25) is 0 Å². The van der Waals surface area contributed by atoms with Crippen LogP contribution in [0.25, 0.3) is 0 Å². The maximum absolute atomic E-state index is 11.7. The van der Waals surface area contributed by atoms with Crippen molar-refractivity contribution in [3.8, 4) is 5.75 Å². The normalized spacial score (nSPS) is 15.9. The second kappa shape index (κ2) is 5.48. The lowest BCUT2D eigenvalue weighted by molar-refractivity contribution is 0.0600. The summed E-state index contributed by atoms with van der Waals surface area (Å²) in [5, 5.41) is 0. The topological polar surface area (TPSA) is 87.6 Å². The van der Waals surface area contributed by atoms with Gasteiger partial charge in [-0.05, 0) is 43.9 Å². The fraction of sp³-hybridized carbons (Fsp3) is 0.500. The first-order chi connectivity index (χ1) is 9.01. The number of carbonyl (C=O) groups is 1. The first kappa shape index (κ1) is 13.7. The molecular formula is C14H20N2O3. The van der Waals surface area contributed by atoms with Crippen LogP contribution in [0.1, 0.15) is 35.7 Å². The maximum atomic E-state index is 11.7. The van der Waals surface area contributed by atoms with Gasteiger partial charge in [-0.25, -0.2) is 4.79 Å². The Bertz CT molecular complexity index is 457. The van der Waals surface area contributed by atoms with Crippen molar-refractivity contribution in [3.63, 3.8) is 0 Å². The first-order valence-electron chi connectivity index (χ1n) is 6.44. The number of methoxy groups -OCH3 is 1. The van der Waals surface area contributed by atoms with Crippen molar-refractivity contribution in [2.24, 2.45) is 5.73 Å². The number of esters is 1. The Morgan fingerprint density at radius 1 is 1.47 bits per heavy atom. The van der Waals surface area contributed by atoms with Gasteiger partial charge in [-0.3, -0.25) is 0 Å². The van der Waals surface area contributed by atoms with Gasteiger partial charge in [0.15, 0.2) is 0 Å². The first-order valence-corrected chi connectivity index (χ1v) is 6.44. The van der Waals surface area contributed by atoms with Gasteiger partial charge in [0.25, 0.3) is 0 Å². The largest absolute Gasteiger partial charge is 0.488 e. The molecule has 1 aromatic carbocycles. The molecule has 19 heavy (non-hydrogen) atoms. The fourth-order valence-electron chi connectivity index (χ4n) is 1.90. The highest BCUT2D eigenvalue weighted by Gasteiger charge is 2.25. The summed E-state index contributed by atoms with van der Waals surface area (Å²) >= 11 is 0. The van der Waals surface area contributed by atoms with E-state index in [0.717, 1.165) is 18.4 Å². The molecule has 1 fully saturated rings. The molecule has 0 spiro atoms. The van der Waals surface area contributed by atoms with Gasteiger partial charge in [-0.2, -0.15) is 0 Å². The van der Waals surface area contributed by atoms with Crippen LogP contribution in [0.15, 0.2) is 12.1 Å². The summed E-state index contributed by atoms with van der Waals surface area (Å²) < 4.78 is 10.5. The van der Waals surface area contributed by atoms with Crippen molar-refractivity contribution in [2.45, 2.75) is 38.3 Å². The molecule has 4 N–H and O–H groups in total. The van der Waals surface area contributed by atoms with E-state index in [2.05, 4.69) is 0 Å². The molecule has 1 aromatic rings. The minimum absolute atomic E-state index is 0.0380. The SMILES string of the molecule is COC(=O)c1cc(CC(C)N)c(N)c(OC2CC2)c1. The number of nitrogen functional groups attached to an aromatic ring is 1. The molecule has 104 valence electrons. The fourth-order valence-corrected chi connectivity index (χ4v) is 1.90. The van der Waals surface area contributed by atoms with E-state index in [-0.39, 0.29) is 12.1 Å². The van der Waals surface area contributed by atoms with Crippen LogP contribution in [-0.4, -0.2) is 25.2 Å². The van der Waals surface area contributed by atoms with Gasteiger partial charge in [0.1, 0.15) is 5.75 Å². The van der Waals surface area contributed by atoms with Gasteiger partial charge in [-0.15, -0.1) is 0 Å². The molecule has 0 aromatic heterocycles. The smallest absolute Gasteiger partial charge is 0.337 e. The zero-order valence-corrected chi connectivity index (χ0v) is 11.3. The van der Waals surface area contributed by atoms with Crippen molar-refractivity contribution in [1.82, 2.24) is 0 Å². The molecule has 0 heterocycles. The van der Waals surface area contributed by atoms with E-state index >= 15 is 0 Å². The number of anilines is 1. The van der Waals surface area contributed by atoms with Crippen LogP contribution in [0.5, 0.6) is 5.75 Å². The third-order valence-electron chi connectivity index (χ3n) is 3.01. The monoisotopic (exact) mass is 264 g/mol. The number of hydrogen-bond donors (Lipinski definition) is 2. The minimum atomic E-state index is -0.397. The van der Waals surface area contributed by atoms with Crippen molar-refractivity contribution in [3.05, 3.63) is 23.3 Å². The lowest BCUT2D eigenvalue weighted by Crippen LogP contribution is -2.19. The summed E-state index contributed by atoms with van der Waals surface area (Å²) in [6.07, 6.45) is 2.88. The Morgan fingerprint density at radius 3 is 2.68 bits per heavy atom. The molecule has 5 nitrogen and oxygen atoms in total. The lowest BCUT2D eigenvalue weighted by atomic mass is 10.0. The summed E-state index contributed by atoms with van der Waals surface area (Å²) in [6.45, 7) is 1.89. The zero-order chi connectivity index (χ0) is 14.0. The van der Waals surface area contributed by atoms with Gasteiger partial charge >= 0.3 is 5.97 Å². The van der Waals surface area contributed by atoms with Crippen LogP contribution >= 0.6 is 0 Å².